The highest BCUT2D eigenvalue weighted by Crippen LogP contribution is 2.33. The van der Waals surface area contributed by atoms with E-state index < -0.39 is 0 Å². The number of likely N-dealkylation sites (tertiary alicyclic amines) is 1. The Kier molecular flexibility index (Phi) is 5.65. The predicted molar refractivity (Wildman–Crippen MR) is 119 cm³/mol. The fourth-order valence-corrected chi connectivity index (χ4v) is 4.46. The molecule has 32 heavy (non-hydrogen) atoms. The van der Waals surface area contributed by atoms with E-state index in [9.17, 15) is 9.18 Å². The molecule has 8 nitrogen and oxygen atoms in total. The smallest absolute Gasteiger partial charge is 0.269 e. The van der Waals surface area contributed by atoms with Crippen LogP contribution >= 0.6 is 0 Å². The number of fused-ring (bicyclic) bond motifs is 2. The summed E-state index contributed by atoms with van der Waals surface area (Å²) in [5.74, 6) is 1.96. The van der Waals surface area contributed by atoms with Crippen molar-refractivity contribution in [1.29, 1.82) is 0 Å². The average Bonchev–Trinajstić information content (AvgIpc) is 2.83. The molecule has 168 valence electrons. The maximum absolute atomic E-state index is 13.7. The van der Waals surface area contributed by atoms with Crippen LogP contribution in [-0.4, -0.2) is 65.4 Å². The summed E-state index contributed by atoms with van der Waals surface area (Å²) in [6.45, 7) is 4.19. The molecular formula is C23H26FN5O3. The zero-order chi connectivity index (χ0) is 22.1. The number of hydrogen-bond donors (Lipinski definition) is 0. The van der Waals surface area contributed by atoms with Gasteiger partial charge in [0.05, 0.1) is 23.4 Å². The lowest BCUT2D eigenvalue weighted by Crippen LogP contribution is -2.45. The minimum absolute atomic E-state index is 0.206. The summed E-state index contributed by atoms with van der Waals surface area (Å²) < 4.78 is 26.6. The first-order valence-electron chi connectivity index (χ1n) is 10.9. The molecule has 5 rings (SSSR count). The number of ether oxygens (including phenoxy) is 2. The van der Waals surface area contributed by atoms with Crippen LogP contribution in [0.4, 0.5) is 10.2 Å². The second kappa shape index (κ2) is 8.74. The number of nitrogens with zero attached hydrogens (tertiary/aromatic N) is 5. The number of rotatable bonds is 5. The summed E-state index contributed by atoms with van der Waals surface area (Å²) in [7, 11) is 2.07. The quantitative estimate of drug-likeness (QED) is 0.604. The van der Waals surface area contributed by atoms with Gasteiger partial charge >= 0.3 is 0 Å². The molecule has 3 aromatic rings. The number of aromatic nitrogens is 3. The molecule has 0 amide bonds. The van der Waals surface area contributed by atoms with E-state index in [-0.39, 0.29) is 11.4 Å². The first-order chi connectivity index (χ1) is 15.6. The van der Waals surface area contributed by atoms with Gasteiger partial charge in [-0.25, -0.2) is 14.4 Å². The molecule has 0 radical (unpaired) electrons. The number of benzene rings is 1. The number of piperidine rings is 1. The molecule has 1 saturated heterocycles. The molecule has 0 N–H and O–H groups in total. The number of pyridine rings is 1. The normalized spacial score (nSPS) is 16.9. The first kappa shape index (κ1) is 20.7. The van der Waals surface area contributed by atoms with Crippen LogP contribution in [0.3, 0.4) is 0 Å². The van der Waals surface area contributed by atoms with Crippen LogP contribution < -0.4 is 19.9 Å². The van der Waals surface area contributed by atoms with Gasteiger partial charge in [0, 0.05) is 45.3 Å². The van der Waals surface area contributed by atoms with Crippen molar-refractivity contribution in [3.8, 4) is 11.5 Å². The van der Waals surface area contributed by atoms with Gasteiger partial charge < -0.3 is 23.8 Å². The van der Waals surface area contributed by atoms with Gasteiger partial charge in [-0.3, -0.25) is 4.79 Å². The van der Waals surface area contributed by atoms with Crippen LogP contribution in [0.25, 0.3) is 11.0 Å². The van der Waals surface area contributed by atoms with Crippen molar-refractivity contribution in [1.82, 2.24) is 19.4 Å². The van der Waals surface area contributed by atoms with Crippen molar-refractivity contribution in [2.75, 3.05) is 44.8 Å². The van der Waals surface area contributed by atoms with Gasteiger partial charge in [0.15, 0.2) is 11.5 Å². The Bertz CT molecular complexity index is 1180. The molecule has 1 aromatic carbocycles. The van der Waals surface area contributed by atoms with E-state index in [2.05, 4.69) is 26.8 Å². The minimum Gasteiger partial charge on any atom is -0.486 e. The summed E-state index contributed by atoms with van der Waals surface area (Å²) in [5.41, 5.74) is 0.956. The molecule has 0 atom stereocenters. The topological polar surface area (TPSA) is 72.7 Å². The second-order valence-corrected chi connectivity index (χ2v) is 8.25. The summed E-state index contributed by atoms with van der Waals surface area (Å²) in [6, 6.07) is 6.67. The molecule has 0 bridgehead atoms. The Morgan fingerprint density at radius 2 is 1.84 bits per heavy atom. The summed E-state index contributed by atoms with van der Waals surface area (Å²) >= 11 is 0. The van der Waals surface area contributed by atoms with Crippen LogP contribution in [0, 0.1) is 5.82 Å². The second-order valence-electron chi connectivity index (χ2n) is 8.25. The monoisotopic (exact) mass is 439 g/mol. The molecule has 0 aliphatic carbocycles. The third kappa shape index (κ3) is 4.12. The third-order valence-corrected chi connectivity index (χ3v) is 6.33. The highest BCUT2D eigenvalue weighted by molar-refractivity contribution is 5.74. The van der Waals surface area contributed by atoms with Crippen molar-refractivity contribution < 1.29 is 13.9 Å². The van der Waals surface area contributed by atoms with Gasteiger partial charge in [-0.2, -0.15) is 0 Å². The Balaban J connectivity index is 1.20. The van der Waals surface area contributed by atoms with Crippen molar-refractivity contribution in [3.63, 3.8) is 0 Å². The molecule has 2 aromatic heterocycles. The first-order valence-corrected chi connectivity index (χ1v) is 10.9. The summed E-state index contributed by atoms with van der Waals surface area (Å²) in [4.78, 5) is 25.6. The molecule has 4 heterocycles. The fraction of sp³-hybridized carbons (Fsp3) is 0.435. The molecule has 0 spiro atoms. The van der Waals surface area contributed by atoms with E-state index in [0.717, 1.165) is 44.0 Å². The van der Waals surface area contributed by atoms with Gasteiger partial charge in [-0.15, -0.1) is 0 Å². The van der Waals surface area contributed by atoms with Crippen LogP contribution in [0.5, 0.6) is 11.5 Å². The molecule has 0 unspecified atom stereocenters. The van der Waals surface area contributed by atoms with Crippen molar-refractivity contribution in [3.05, 3.63) is 52.8 Å². The van der Waals surface area contributed by atoms with E-state index >= 15 is 0 Å². The highest BCUT2D eigenvalue weighted by Gasteiger charge is 2.24. The van der Waals surface area contributed by atoms with Crippen molar-refractivity contribution >= 4 is 16.9 Å². The molecule has 0 saturated carbocycles. The van der Waals surface area contributed by atoms with Crippen molar-refractivity contribution in [2.45, 2.75) is 25.4 Å². The third-order valence-electron chi connectivity index (χ3n) is 6.33. The lowest BCUT2D eigenvalue weighted by Gasteiger charge is -2.37. The van der Waals surface area contributed by atoms with Gasteiger partial charge in [0.25, 0.3) is 5.56 Å². The largest absolute Gasteiger partial charge is 0.486 e. The van der Waals surface area contributed by atoms with Crippen LogP contribution in [0.15, 0.2) is 41.5 Å². The summed E-state index contributed by atoms with van der Waals surface area (Å²) in [6.07, 6.45) is 5.03. The summed E-state index contributed by atoms with van der Waals surface area (Å²) in [5, 5.41) is 0. The average molecular weight is 439 g/mol. The molecule has 9 heteroatoms. The van der Waals surface area contributed by atoms with Gasteiger partial charge in [0.1, 0.15) is 24.8 Å². The van der Waals surface area contributed by atoms with Gasteiger partial charge in [-0.1, -0.05) is 0 Å². The van der Waals surface area contributed by atoms with Gasteiger partial charge in [0.2, 0.25) is 0 Å². The molecule has 2 aliphatic rings. The maximum Gasteiger partial charge on any atom is 0.269 e. The fourth-order valence-electron chi connectivity index (χ4n) is 4.46. The van der Waals surface area contributed by atoms with Gasteiger partial charge in [-0.05, 0) is 31.0 Å². The van der Waals surface area contributed by atoms with Crippen LogP contribution in [0.1, 0.15) is 12.8 Å². The highest BCUT2D eigenvalue weighted by atomic mass is 19.1. The number of hydrogen-bond acceptors (Lipinski definition) is 7. The molecule has 2 aliphatic heterocycles. The van der Waals surface area contributed by atoms with E-state index in [1.165, 1.54) is 18.3 Å². The Hall–Kier alpha value is -3.20. The molecule has 1 fully saturated rings. The number of anilines is 1. The minimum atomic E-state index is -0.366. The van der Waals surface area contributed by atoms with Crippen LogP contribution in [0.2, 0.25) is 0 Å². The van der Waals surface area contributed by atoms with Crippen LogP contribution in [-0.2, 0) is 6.54 Å². The Labute approximate surface area is 185 Å². The number of halogens is 1. The van der Waals surface area contributed by atoms with E-state index in [1.807, 2.05) is 6.07 Å². The Morgan fingerprint density at radius 3 is 2.66 bits per heavy atom. The van der Waals surface area contributed by atoms with E-state index in [0.29, 0.717) is 42.6 Å². The van der Waals surface area contributed by atoms with E-state index in [1.54, 1.807) is 16.8 Å². The zero-order valence-electron chi connectivity index (χ0n) is 18.0. The van der Waals surface area contributed by atoms with Crippen molar-refractivity contribution in [2.24, 2.45) is 0 Å². The maximum atomic E-state index is 13.7. The lowest BCUT2D eigenvalue weighted by atomic mass is 10.0. The predicted octanol–water partition coefficient (Wildman–Crippen LogP) is 2.30. The zero-order valence-corrected chi connectivity index (χ0v) is 18.0. The van der Waals surface area contributed by atoms with E-state index in [4.69, 9.17) is 9.47 Å². The lowest BCUT2D eigenvalue weighted by molar-refractivity contribution is 0.170. The Morgan fingerprint density at radius 1 is 1.06 bits per heavy atom. The molecular weight excluding hydrogens is 413 g/mol. The SMILES string of the molecule is CN(c1cc2c(cn1)OCCO2)C1CCN(CCn2c(=O)cnc3ccc(F)cc32)CC1. The standard InChI is InChI=1S/C23H26FN5O3/c1-27(22-13-20-21(14-26-22)32-11-10-31-20)17-4-6-28(7-5-17)8-9-29-19-12-16(24)2-3-18(19)25-15-23(29)30/h2-3,12-15,17H,4-11H2,1H3.